The Bertz CT molecular complexity index is 1490. The van der Waals surface area contributed by atoms with E-state index in [1.54, 1.807) is 18.2 Å². The number of piperidine rings is 1. The van der Waals surface area contributed by atoms with E-state index in [-0.39, 0.29) is 15.8 Å². The molecule has 1 atom stereocenters. The van der Waals surface area contributed by atoms with E-state index >= 15 is 0 Å². The minimum atomic E-state index is -2.33. The molecule has 1 aliphatic heterocycles. The first-order chi connectivity index (χ1) is 17.3. The standard InChI is InChI=1S/C29H35N4O2P/c1-5-32-27-15-8-7-14-25(27)26-21-24(16-17-28(26)32)36(29(2,3)4,31-18-9-6-10-19-31)30-22-12-11-13-23(20-22)33(34)35/h7-8,11-17,20-21H,5-6,9-10,18-19H2,1-4H3. The van der Waals surface area contributed by atoms with Gasteiger partial charge in [-0.3, -0.25) is 14.8 Å². The van der Waals surface area contributed by atoms with Crippen molar-refractivity contribution in [2.45, 2.75) is 58.7 Å². The Morgan fingerprint density at radius 1 is 0.917 bits per heavy atom. The van der Waals surface area contributed by atoms with Crippen LogP contribution in [0, 0.1) is 10.1 Å². The third kappa shape index (κ3) is 4.07. The molecule has 0 aliphatic carbocycles. The Balaban J connectivity index is 1.85. The molecule has 0 bridgehead atoms. The van der Waals surface area contributed by atoms with Crippen LogP contribution >= 0.6 is 7.21 Å². The van der Waals surface area contributed by atoms with Crippen molar-refractivity contribution in [1.82, 2.24) is 9.24 Å². The number of rotatable bonds is 5. The third-order valence-electron chi connectivity index (χ3n) is 7.41. The van der Waals surface area contributed by atoms with E-state index in [9.17, 15) is 10.1 Å². The van der Waals surface area contributed by atoms with Crippen LogP contribution in [0.5, 0.6) is 0 Å². The van der Waals surface area contributed by atoms with Crippen LogP contribution in [0.1, 0.15) is 47.0 Å². The lowest BCUT2D eigenvalue weighted by molar-refractivity contribution is -0.384. The Labute approximate surface area is 213 Å². The van der Waals surface area contributed by atoms with E-state index in [1.165, 1.54) is 33.5 Å². The van der Waals surface area contributed by atoms with Crippen molar-refractivity contribution >= 4 is 45.7 Å². The molecule has 1 saturated heterocycles. The van der Waals surface area contributed by atoms with E-state index in [0.29, 0.717) is 5.69 Å². The van der Waals surface area contributed by atoms with Gasteiger partial charge in [0.25, 0.3) is 5.69 Å². The summed E-state index contributed by atoms with van der Waals surface area (Å²) in [5.41, 5.74) is 3.27. The van der Waals surface area contributed by atoms with Crippen molar-refractivity contribution in [2.75, 3.05) is 13.1 Å². The Hall–Kier alpha value is -2.95. The molecule has 4 aromatic rings. The summed E-state index contributed by atoms with van der Waals surface area (Å²) in [5.74, 6) is 0. The second-order valence-electron chi connectivity index (χ2n) is 10.6. The predicted molar refractivity (Wildman–Crippen MR) is 152 cm³/mol. The molecule has 0 radical (unpaired) electrons. The van der Waals surface area contributed by atoms with Crippen molar-refractivity contribution in [1.29, 1.82) is 0 Å². The Morgan fingerprint density at radius 3 is 2.33 bits per heavy atom. The summed E-state index contributed by atoms with van der Waals surface area (Å²) in [6.45, 7) is 12.0. The lowest BCUT2D eigenvalue weighted by atomic mass is 10.1. The number of benzene rings is 3. The van der Waals surface area contributed by atoms with Crippen LogP contribution in [0.3, 0.4) is 0 Å². The lowest BCUT2D eigenvalue weighted by Crippen LogP contribution is -2.39. The highest BCUT2D eigenvalue weighted by Crippen LogP contribution is 2.65. The van der Waals surface area contributed by atoms with Gasteiger partial charge in [-0.05, 0) is 50.1 Å². The van der Waals surface area contributed by atoms with Crippen molar-refractivity contribution in [3.05, 3.63) is 76.8 Å². The highest BCUT2D eigenvalue weighted by atomic mass is 31.2. The number of nitro benzene ring substituents is 1. The summed E-state index contributed by atoms with van der Waals surface area (Å²) >= 11 is 0. The van der Waals surface area contributed by atoms with Crippen LogP contribution in [-0.2, 0) is 6.54 Å². The normalized spacial score (nSPS) is 16.8. The van der Waals surface area contributed by atoms with Gasteiger partial charge in [0.05, 0.1) is 17.8 Å². The minimum Gasteiger partial charge on any atom is -0.341 e. The number of nitrogens with zero attached hydrogens (tertiary/aromatic N) is 4. The maximum Gasteiger partial charge on any atom is 0.271 e. The fourth-order valence-electron chi connectivity index (χ4n) is 5.82. The van der Waals surface area contributed by atoms with Gasteiger partial charge >= 0.3 is 0 Å². The van der Waals surface area contributed by atoms with Crippen LogP contribution < -0.4 is 5.30 Å². The zero-order chi connectivity index (χ0) is 25.5. The molecular formula is C29H35N4O2P. The first-order valence-electron chi connectivity index (χ1n) is 12.9. The Kier molecular flexibility index (Phi) is 6.52. The summed E-state index contributed by atoms with van der Waals surface area (Å²) in [5, 5.41) is 15.1. The number of hydrogen-bond donors (Lipinski definition) is 0. The van der Waals surface area contributed by atoms with Gasteiger partial charge < -0.3 is 4.57 Å². The second-order valence-corrected chi connectivity index (χ2v) is 14.5. The first kappa shape index (κ1) is 24.7. The molecule has 6 nitrogen and oxygen atoms in total. The second kappa shape index (κ2) is 9.49. The van der Waals surface area contributed by atoms with Crippen LogP contribution in [0.15, 0.2) is 71.5 Å². The molecule has 0 spiro atoms. The van der Waals surface area contributed by atoms with Gasteiger partial charge in [0.1, 0.15) is 0 Å². The SMILES string of the molecule is CCn1c2ccccc2c2cc(P(=Nc3cccc([N+](=O)[O-])c3)(N3CCCCC3)C(C)(C)C)ccc21. The van der Waals surface area contributed by atoms with Gasteiger partial charge in [-0.15, -0.1) is 0 Å². The molecule has 1 aliphatic rings. The third-order valence-corrected chi connectivity index (χ3v) is 12.0. The molecule has 1 unspecified atom stereocenters. The summed E-state index contributed by atoms with van der Waals surface area (Å²) in [6, 6.07) is 22.4. The number of aromatic nitrogens is 1. The zero-order valence-corrected chi connectivity index (χ0v) is 22.5. The van der Waals surface area contributed by atoms with Crippen LogP contribution in [0.2, 0.25) is 0 Å². The summed E-state index contributed by atoms with van der Waals surface area (Å²) in [4.78, 5) is 11.2. The van der Waals surface area contributed by atoms with Gasteiger partial charge in [-0.2, -0.15) is 0 Å². The number of nitro groups is 1. The molecule has 2 heterocycles. The molecule has 5 rings (SSSR count). The number of non-ortho nitro benzene ring substituents is 1. The molecule has 36 heavy (non-hydrogen) atoms. The van der Waals surface area contributed by atoms with Gasteiger partial charge in [0.15, 0.2) is 0 Å². The maximum absolute atomic E-state index is 11.5. The number of fused-ring (bicyclic) bond motifs is 3. The minimum absolute atomic E-state index is 0.0865. The topological polar surface area (TPSA) is 63.7 Å². The molecule has 7 heteroatoms. The van der Waals surface area contributed by atoms with Crippen LogP contribution in [-0.4, -0.2) is 32.4 Å². The summed E-state index contributed by atoms with van der Waals surface area (Å²) in [7, 11) is -2.33. The average Bonchev–Trinajstić information content (AvgIpc) is 3.20. The van der Waals surface area contributed by atoms with Crippen molar-refractivity contribution in [3.8, 4) is 0 Å². The van der Waals surface area contributed by atoms with Gasteiger partial charge in [-0.25, -0.2) is 4.74 Å². The van der Waals surface area contributed by atoms with Crippen molar-refractivity contribution in [3.63, 3.8) is 0 Å². The number of para-hydroxylation sites is 1. The van der Waals surface area contributed by atoms with E-state index in [4.69, 9.17) is 4.74 Å². The van der Waals surface area contributed by atoms with Crippen molar-refractivity contribution in [2.24, 2.45) is 4.74 Å². The van der Waals surface area contributed by atoms with Crippen LogP contribution in [0.25, 0.3) is 21.8 Å². The largest absolute Gasteiger partial charge is 0.341 e. The molecule has 1 aromatic heterocycles. The average molecular weight is 503 g/mol. The zero-order valence-electron chi connectivity index (χ0n) is 21.6. The number of hydrogen-bond acceptors (Lipinski definition) is 3. The first-order valence-corrected chi connectivity index (χ1v) is 14.6. The molecule has 0 saturated carbocycles. The summed E-state index contributed by atoms with van der Waals surface area (Å²) in [6.07, 6.45) is 3.54. The molecule has 3 aromatic carbocycles. The molecule has 0 N–H and O–H groups in total. The van der Waals surface area contributed by atoms with E-state index in [0.717, 1.165) is 32.5 Å². The van der Waals surface area contributed by atoms with Gasteiger partial charge in [0, 0.05) is 64.0 Å². The number of aryl methyl sites for hydroxylation is 1. The van der Waals surface area contributed by atoms with Crippen LogP contribution in [0.4, 0.5) is 11.4 Å². The quantitative estimate of drug-likeness (QED) is 0.157. The predicted octanol–water partition coefficient (Wildman–Crippen LogP) is 8.08. The van der Waals surface area contributed by atoms with Gasteiger partial charge in [0.2, 0.25) is 0 Å². The molecule has 1 fully saturated rings. The van der Waals surface area contributed by atoms with E-state index < -0.39 is 7.21 Å². The molecular weight excluding hydrogens is 467 g/mol. The summed E-state index contributed by atoms with van der Waals surface area (Å²) < 4.78 is 10.5. The lowest BCUT2D eigenvalue weighted by Gasteiger charge is -2.47. The molecule has 0 amide bonds. The highest BCUT2D eigenvalue weighted by Gasteiger charge is 2.42. The monoisotopic (exact) mass is 502 g/mol. The van der Waals surface area contributed by atoms with Gasteiger partial charge in [-0.1, -0.05) is 51.5 Å². The van der Waals surface area contributed by atoms with E-state index in [1.807, 2.05) is 6.07 Å². The maximum atomic E-state index is 11.5. The Morgan fingerprint density at radius 2 is 1.64 bits per heavy atom. The van der Waals surface area contributed by atoms with Crippen molar-refractivity contribution < 1.29 is 4.92 Å². The molecule has 188 valence electrons. The van der Waals surface area contributed by atoms with E-state index in [2.05, 4.69) is 79.4 Å². The smallest absolute Gasteiger partial charge is 0.271 e. The fourth-order valence-corrected chi connectivity index (χ4v) is 10.2. The fraction of sp³-hybridized carbons (Fsp3) is 0.379. The highest BCUT2D eigenvalue weighted by molar-refractivity contribution is 7.73.